The van der Waals surface area contributed by atoms with Crippen LogP contribution in [0.2, 0.25) is 0 Å². The Kier molecular flexibility index (Phi) is 6.78. The van der Waals surface area contributed by atoms with Crippen molar-refractivity contribution >= 4 is 17.6 Å². The first-order valence-electron chi connectivity index (χ1n) is 9.68. The molecule has 1 aliphatic rings. The molecule has 30 heavy (non-hydrogen) atoms. The van der Waals surface area contributed by atoms with Crippen molar-refractivity contribution in [2.45, 2.75) is 39.3 Å². The van der Waals surface area contributed by atoms with Crippen molar-refractivity contribution in [2.24, 2.45) is 0 Å². The highest BCUT2D eigenvalue weighted by atomic mass is 16.6. The van der Waals surface area contributed by atoms with Crippen molar-refractivity contribution in [1.82, 2.24) is 15.1 Å². The van der Waals surface area contributed by atoms with Gasteiger partial charge in [-0.1, -0.05) is 12.1 Å². The quantitative estimate of drug-likeness (QED) is 0.396. The molecular weight excluding hydrogens is 392 g/mol. The molecule has 0 unspecified atom stereocenters. The van der Waals surface area contributed by atoms with Crippen molar-refractivity contribution in [3.63, 3.8) is 0 Å². The molecule has 2 heterocycles. The average Bonchev–Trinajstić information content (AvgIpc) is 3.33. The van der Waals surface area contributed by atoms with Crippen LogP contribution in [0, 0.1) is 24.0 Å². The van der Waals surface area contributed by atoms with E-state index in [-0.39, 0.29) is 24.3 Å². The lowest BCUT2D eigenvalue weighted by molar-refractivity contribution is -0.386. The predicted molar refractivity (Wildman–Crippen MR) is 106 cm³/mol. The van der Waals surface area contributed by atoms with Crippen LogP contribution in [0.1, 0.15) is 40.2 Å². The highest BCUT2D eigenvalue weighted by molar-refractivity contribution is 5.91. The van der Waals surface area contributed by atoms with E-state index >= 15 is 0 Å². The fraction of sp³-hybridized carbons (Fsp3) is 0.450. The Morgan fingerprint density at radius 2 is 2.07 bits per heavy atom. The second-order valence-corrected chi connectivity index (χ2v) is 7.15. The van der Waals surface area contributed by atoms with Crippen LogP contribution in [-0.2, 0) is 20.8 Å². The molecule has 1 aromatic carbocycles. The molecule has 1 fully saturated rings. The van der Waals surface area contributed by atoms with Gasteiger partial charge >= 0.3 is 11.7 Å². The topological polar surface area (TPSA) is 126 Å². The van der Waals surface area contributed by atoms with E-state index in [1.807, 2.05) is 0 Å². The van der Waals surface area contributed by atoms with Gasteiger partial charge in [-0.15, -0.1) is 0 Å². The van der Waals surface area contributed by atoms with Crippen molar-refractivity contribution < 1.29 is 24.0 Å². The van der Waals surface area contributed by atoms with Gasteiger partial charge in [-0.2, -0.15) is 5.10 Å². The minimum Gasteiger partial charge on any atom is -0.452 e. The summed E-state index contributed by atoms with van der Waals surface area (Å²) in [6.45, 7) is 4.34. The van der Waals surface area contributed by atoms with Gasteiger partial charge in [-0.05, 0) is 44.4 Å². The summed E-state index contributed by atoms with van der Waals surface area (Å²) in [6.07, 6.45) is 1.93. The predicted octanol–water partition coefficient (Wildman–Crippen LogP) is 1.91. The van der Waals surface area contributed by atoms with Crippen molar-refractivity contribution in [3.05, 3.63) is 56.9 Å². The standard InChI is InChI=1S/C20H24N4O6/c1-13-19(24(27)28)14(2)23(22-13)11-15-5-7-16(8-6-15)20(26)30-12-18(25)21-10-17-4-3-9-29-17/h5-8,17H,3-4,9-12H2,1-2H3,(H,21,25)/t17-/m1/s1. The van der Waals surface area contributed by atoms with Crippen LogP contribution in [0.4, 0.5) is 5.69 Å². The van der Waals surface area contributed by atoms with Crippen LogP contribution in [0.3, 0.4) is 0 Å². The molecule has 0 spiro atoms. The number of rotatable bonds is 8. The van der Waals surface area contributed by atoms with E-state index in [1.54, 1.807) is 42.8 Å². The Morgan fingerprint density at radius 1 is 1.33 bits per heavy atom. The molecule has 1 aliphatic heterocycles. The number of aryl methyl sites for hydroxylation is 1. The Labute approximate surface area is 173 Å². The van der Waals surface area contributed by atoms with Crippen molar-refractivity contribution in [3.8, 4) is 0 Å². The molecule has 2 aromatic rings. The zero-order chi connectivity index (χ0) is 21.7. The van der Waals surface area contributed by atoms with E-state index in [0.29, 0.717) is 36.6 Å². The summed E-state index contributed by atoms with van der Waals surface area (Å²) in [7, 11) is 0. The summed E-state index contributed by atoms with van der Waals surface area (Å²) in [5, 5.41) is 18.0. The second-order valence-electron chi connectivity index (χ2n) is 7.15. The van der Waals surface area contributed by atoms with Gasteiger partial charge < -0.3 is 14.8 Å². The van der Waals surface area contributed by atoms with Gasteiger partial charge in [0.25, 0.3) is 5.91 Å². The van der Waals surface area contributed by atoms with E-state index in [1.165, 1.54) is 0 Å². The number of nitro groups is 1. The summed E-state index contributed by atoms with van der Waals surface area (Å²) in [5.74, 6) is -0.975. The molecule has 0 radical (unpaired) electrons. The minimum atomic E-state index is -0.601. The molecule has 0 bridgehead atoms. The van der Waals surface area contributed by atoms with Gasteiger partial charge in [0.1, 0.15) is 11.4 Å². The number of nitrogens with one attached hydrogen (secondary N) is 1. The van der Waals surface area contributed by atoms with Gasteiger partial charge in [0.05, 0.1) is 23.1 Å². The number of esters is 1. The lowest BCUT2D eigenvalue weighted by atomic mass is 10.1. The molecular formula is C20H24N4O6. The van der Waals surface area contributed by atoms with Crippen LogP contribution >= 0.6 is 0 Å². The van der Waals surface area contributed by atoms with Gasteiger partial charge in [-0.25, -0.2) is 4.79 Å². The molecule has 160 valence electrons. The molecule has 10 heteroatoms. The zero-order valence-electron chi connectivity index (χ0n) is 16.9. The van der Waals surface area contributed by atoms with Crippen LogP contribution < -0.4 is 5.32 Å². The van der Waals surface area contributed by atoms with E-state index in [0.717, 1.165) is 18.4 Å². The third-order valence-corrected chi connectivity index (χ3v) is 4.93. The molecule has 1 atom stereocenters. The number of aromatic nitrogens is 2. The molecule has 1 amide bonds. The first kappa shape index (κ1) is 21.4. The Hall–Kier alpha value is -3.27. The van der Waals surface area contributed by atoms with Gasteiger partial charge in [0.15, 0.2) is 6.61 Å². The number of carbonyl (C=O) groups is 2. The zero-order valence-corrected chi connectivity index (χ0v) is 16.9. The first-order chi connectivity index (χ1) is 14.3. The van der Waals surface area contributed by atoms with Crippen molar-refractivity contribution in [1.29, 1.82) is 0 Å². The van der Waals surface area contributed by atoms with Gasteiger partial charge in [0.2, 0.25) is 0 Å². The fourth-order valence-corrected chi connectivity index (χ4v) is 3.32. The van der Waals surface area contributed by atoms with E-state index in [2.05, 4.69) is 10.4 Å². The van der Waals surface area contributed by atoms with E-state index < -0.39 is 10.9 Å². The largest absolute Gasteiger partial charge is 0.452 e. The number of hydrogen-bond acceptors (Lipinski definition) is 7. The Balaban J connectivity index is 1.51. The molecule has 1 N–H and O–H groups in total. The monoisotopic (exact) mass is 416 g/mol. The molecule has 3 rings (SSSR count). The SMILES string of the molecule is Cc1nn(Cc2ccc(C(=O)OCC(=O)NC[C@H]3CCCO3)cc2)c(C)c1[N+](=O)[O-]. The number of nitrogens with zero attached hydrogens (tertiary/aromatic N) is 3. The smallest absolute Gasteiger partial charge is 0.338 e. The van der Waals surface area contributed by atoms with Crippen LogP contribution in [-0.4, -0.2) is 52.4 Å². The number of hydrogen-bond donors (Lipinski definition) is 1. The maximum Gasteiger partial charge on any atom is 0.338 e. The number of ether oxygens (including phenoxy) is 2. The Bertz CT molecular complexity index is 932. The average molecular weight is 416 g/mol. The lowest BCUT2D eigenvalue weighted by Gasteiger charge is -2.11. The second kappa shape index (κ2) is 9.49. The van der Waals surface area contributed by atoms with E-state index in [9.17, 15) is 19.7 Å². The van der Waals surface area contributed by atoms with Crippen LogP contribution in [0.25, 0.3) is 0 Å². The van der Waals surface area contributed by atoms with Crippen LogP contribution in [0.5, 0.6) is 0 Å². The molecule has 1 aromatic heterocycles. The normalized spacial score (nSPS) is 15.7. The number of amides is 1. The number of benzene rings is 1. The third kappa shape index (κ3) is 5.20. The van der Waals surface area contributed by atoms with Gasteiger partial charge in [0, 0.05) is 13.2 Å². The van der Waals surface area contributed by atoms with Crippen molar-refractivity contribution in [2.75, 3.05) is 19.8 Å². The lowest BCUT2D eigenvalue weighted by Crippen LogP contribution is -2.34. The molecule has 1 saturated heterocycles. The number of carbonyl (C=O) groups excluding carboxylic acids is 2. The summed E-state index contributed by atoms with van der Waals surface area (Å²) in [5.41, 5.74) is 1.96. The Morgan fingerprint density at radius 3 is 2.67 bits per heavy atom. The van der Waals surface area contributed by atoms with Gasteiger partial charge in [-0.3, -0.25) is 19.6 Å². The third-order valence-electron chi connectivity index (χ3n) is 4.93. The highest BCUT2D eigenvalue weighted by Gasteiger charge is 2.22. The molecule has 0 saturated carbocycles. The maximum atomic E-state index is 12.1. The summed E-state index contributed by atoms with van der Waals surface area (Å²) in [4.78, 5) is 34.6. The minimum absolute atomic E-state index is 0.00738. The maximum absolute atomic E-state index is 12.1. The molecule has 0 aliphatic carbocycles. The molecule has 10 nitrogen and oxygen atoms in total. The van der Waals surface area contributed by atoms with Crippen LogP contribution in [0.15, 0.2) is 24.3 Å². The summed E-state index contributed by atoms with van der Waals surface area (Å²) in [6, 6.07) is 6.61. The first-order valence-corrected chi connectivity index (χ1v) is 9.68. The van der Waals surface area contributed by atoms with E-state index in [4.69, 9.17) is 9.47 Å². The highest BCUT2D eigenvalue weighted by Crippen LogP contribution is 2.22. The summed E-state index contributed by atoms with van der Waals surface area (Å²) < 4.78 is 12.0. The fourth-order valence-electron chi connectivity index (χ4n) is 3.32. The summed E-state index contributed by atoms with van der Waals surface area (Å²) >= 11 is 0.